The maximum Gasteiger partial charge on any atom is 0.239 e. The zero-order valence-electron chi connectivity index (χ0n) is 12.2. The summed E-state index contributed by atoms with van der Waals surface area (Å²) in [5, 5.41) is 10.4. The van der Waals surface area contributed by atoms with Crippen molar-refractivity contribution in [2.75, 3.05) is 18.4 Å². The summed E-state index contributed by atoms with van der Waals surface area (Å²) < 4.78 is 1.76. The van der Waals surface area contributed by atoms with Crippen molar-refractivity contribution in [3.63, 3.8) is 0 Å². The van der Waals surface area contributed by atoms with Gasteiger partial charge in [-0.15, -0.1) is 0 Å². The van der Waals surface area contributed by atoms with Crippen LogP contribution in [0, 0.1) is 12.8 Å². The SMILES string of the molecule is Cc1ccccc1-n1nccc1NC(=O)CNCC1CC1. The third-order valence-electron chi connectivity index (χ3n) is 3.67. The van der Waals surface area contributed by atoms with Gasteiger partial charge in [-0.2, -0.15) is 5.10 Å². The lowest BCUT2D eigenvalue weighted by atomic mass is 10.2. The number of nitrogens with one attached hydrogen (secondary N) is 2. The fraction of sp³-hybridized carbons (Fsp3) is 0.375. The van der Waals surface area contributed by atoms with E-state index in [2.05, 4.69) is 15.7 Å². The van der Waals surface area contributed by atoms with Gasteiger partial charge in [-0.25, -0.2) is 4.68 Å². The lowest BCUT2D eigenvalue weighted by molar-refractivity contribution is -0.115. The van der Waals surface area contributed by atoms with Crippen molar-refractivity contribution in [1.82, 2.24) is 15.1 Å². The lowest BCUT2D eigenvalue weighted by Crippen LogP contribution is -2.30. The number of rotatable bonds is 6. The second kappa shape index (κ2) is 6.10. The molecule has 110 valence electrons. The molecule has 0 radical (unpaired) electrons. The molecule has 1 aliphatic rings. The van der Waals surface area contributed by atoms with Gasteiger partial charge in [0.25, 0.3) is 0 Å². The molecular weight excluding hydrogens is 264 g/mol. The highest BCUT2D eigenvalue weighted by molar-refractivity contribution is 5.91. The molecule has 3 rings (SSSR count). The maximum atomic E-state index is 12.0. The van der Waals surface area contributed by atoms with Gasteiger partial charge in [0.15, 0.2) is 0 Å². The minimum atomic E-state index is -0.0361. The van der Waals surface area contributed by atoms with Gasteiger partial charge < -0.3 is 10.6 Å². The van der Waals surface area contributed by atoms with Gasteiger partial charge in [0.1, 0.15) is 5.82 Å². The summed E-state index contributed by atoms with van der Waals surface area (Å²) in [5.41, 5.74) is 2.09. The van der Waals surface area contributed by atoms with Crippen molar-refractivity contribution in [2.45, 2.75) is 19.8 Å². The Morgan fingerprint density at radius 2 is 2.14 bits per heavy atom. The van der Waals surface area contributed by atoms with E-state index in [0.29, 0.717) is 12.4 Å². The Hall–Kier alpha value is -2.14. The number of aromatic nitrogens is 2. The number of carbonyl (C=O) groups is 1. The summed E-state index contributed by atoms with van der Waals surface area (Å²) in [6.45, 7) is 3.31. The Labute approximate surface area is 124 Å². The third-order valence-corrected chi connectivity index (χ3v) is 3.67. The van der Waals surface area contributed by atoms with Crippen LogP contribution in [0.3, 0.4) is 0 Å². The van der Waals surface area contributed by atoms with E-state index in [1.165, 1.54) is 12.8 Å². The molecule has 0 unspecified atom stereocenters. The molecule has 0 aliphatic heterocycles. The Morgan fingerprint density at radius 1 is 1.33 bits per heavy atom. The molecule has 1 aliphatic carbocycles. The van der Waals surface area contributed by atoms with Crippen LogP contribution in [0.4, 0.5) is 5.82 Å². The van der Waals surface area contributed by atoms with Crippen LogP contribution in [0.25, 0.3) is 5.69 Å². The van der Waals surface area contributed by atoms with Gasteiger partial charge in [-0.1, -0.05) is 18.2 Å². The first kappa shape index (κ1) is 13.8. The average Bonchev–Trinajstić information content (AvgIpc) is 3.18. The fourth-order valence-corrected chi connectivity index (χ4v) is 2.29. The zero-order valence-corrected chi connectivity index (χ0v) is 12.2. The number of nitrogens with zero attached hydrogens (tertiary/aromatic N) is 2. The Balaban J connectivity index is 1.64. The van der Waals surface area contributed by atoms with Crippen LogP contribution in [0.1, 0.15) is 18.4 Å². The van der Waals surface area contributed by atoms with Crippen molar-refractivity contribution in [3.8, 4) is 5.69 Å². The maximum absolute atomic E-state index is 12.0. The quantitative estimate of drug-likeness (QED) is 0.854. The molecule has 1 aromatic carbocycles. The monoisotopic (exact) mass is 284 g/mol. The molecule has 0 bridgehead atoms. The smallest absolute Gasteiger partial charge is 0.239 e. The number of hydrogen-bond donors (Lipinski definition) is 2. The van der Waals surface area contributed by atoms with Crippen LogP contribution in [0.2, 0.25) is 0 Å². The van der Waals surface area contributed by atoms with Crippen LogP contribution < -0.4 is 10.6 Å². The summed E-state index contributed by atoms with van der Waals surface area (Å²) in [7, 11) is 0. The van der Waals surface area contributed by atoms with E-state index in [4.69, 9.17) is 0 Å². The minimum absolute atomic E-state index is 0.0361. The largest absolute Gasteiger partial charge is 0.309 e. The van der Waals surface area contributed by atoms with Gasteiger partial charge in [0.2, 0.25) is 5.91 Å². The van der Waals surface area contributed by atoms with E-state index in [9.17, 15) is 4.79 Å². The van der Waals surface area contributed by atoms with Crippen molar-refractivity contribution >= 4 is 11.7 Å². The highest BCUT2D eigenvalue weighted by Gasteiger charge is 2.20. The summed E-state index contributed by atoms with van der Waals surface area (Å²) in [5.74, 6) is 1.43. The topological polar surface area (TPSA) is 59.0 Å². The first-order chi connectivity index (χ1) is 10.2. The second-order valence-electron chi connectivity index (χ2n) is 5.54. The summed E-state index contributed by atoms with van der Waals surface area (Å²) >= 11 is 0. The minimum Gasteiger partial charge on any atom is -0.309 e. The van der Waals surface area contributed by atoms with Gasteiger partial charge in [-0.05, 0) is 43.9 Å². The van der Waals surface area contributed by atoms with Gasteiger partial charge >= 0.3 is 0 Å². The van der Waals surface area contributed by atoms with Crippen molar-refractivity contribution < 1.29 is 4.79 Å². The Bertz CT molecular complexity index is 631. The van der Waals surface area contributed by atoms with Crippen LogP contribution in [-0.4, -0.2) is 28.8 Å². The molecule has 1 saturated carbocycles. The first-order valence-electron chi connectivity index (χ1n) is 7.34. The molecule has 1 aromatic heterocycles. The predicted octanol–water partition coefficient (Wildman–Crippen LogP) is 2.12. The molecule has 5 nitrogen and oxygen atoms in total. The lowest BCUT2D eigenvalue weighted by Gasteiger charge is -2.11. The van der Waals surface area contributed by atoms with E-state index in [1.807, 2.05) is 37.3 Å². The highest BCUT2D eigenvalue weighted by atomic mass is 16.2. The van der Waals surface area contributed by atoms with E-state index < -0.39 is 0 Å². The van der Waals surface area contributed by atoms with Crippen LogP contribution in [0.15, 0.2) is 36.5 Å². The molecule has 5 heteroatoms. The standard InChI is InChI=1S/C16H20N4O/c1-12-4-2-3-5-14(12)20-15(8-9-18-20)19-16(21)11-17-10-13-6-7-13/h2-5,8-9,13,17H,6-7,10-11H2,1H3,(H,19,21). The van der Waals surface area contributed by atoms with Crippen LogP contribution >= 0.6 is 0 Å². The van der Waals surface area contributed by atoms with E-state index in [-0.39, 0.29) is 5.91 Å². The van der Waals surface area contributed by atoms with E-state index in [0.717, 1.165) is 23.7 Å². The summed E-state index contributed by atoms with van der Waals surface area (Å²) in [6.07, 6.45) is 4.27. The molecule has 1 amide bonds. The zero-order chi connectivity index (χ0) is 14.7. The number of carbonyl (C=O) groups excluding carboxylic acids is 1. The molecule has 21 heavy (non-hydrogen) atoms. The van der Waals surface area contributed by atoms with Crippen LogP contribution in [-0.2, 0) is 4.79 Å². The van der Waals surface area contributed by atoms with Gasteiger partial charge in [-0.3, -0.25) is 4.79 Å². The van der Waals surface area contributed by atoms with Gasteiger partial charge in [0, 0.05) is 6.07 Å². The second-order valence-corrected chi connectivity index (χ2v) is 5.54. The average molecular weight is 284 g/mol. The van der Waals surface area contributed by atoms with E-state index in [1.54, 1.807) is 10.9 Å². The molecule has 1 heterocycles. The molecule has 1 fully saturated rings. The summed E-state index contributed by atoms with van der Waals surface area (Å²) in [6, 6.07) is 9.78. The van der Waals surface area contributed by atoms with Crippen molar-refractivity contribution in [1.29, 1.82) is 0 Å². The van der Waals surface area contributed by atoms with Crippen molar-refractivity contribution in [3.05, 3.63) is 42.1 Å². The fourth-order valence-electron chi connectivity index (χ4n) is 2.29. The predicted molar refractivity (Wildman–Crippen MR) is 82.5 cm³/mol. The molecular formula is C16H20N4O. The number of benzene rings is 1. The number of aryl methyl sites for hydroxylation is 1. The van der Waals surface area contributed by atoms with Crippen molar-refractivity contribution in [2.24, 2.45) is 5.92 Å². The normalized spacial score (nSPS) is 14.1. The molecule has 0 spiro atoms. The van der Waals surface area contributed by atoms with Gasteiger partial charge in [0.05, 0.1) is 18.4 Å². The molecule has 2 N–H and O–H groups in total. The number of amides is 1. The van der Waals surface area contributed by atoms with Crippen LogP contribution in [0.5, 0.6) is 0 Å². The molecule has 0 saturated heterocycles. The first-order valence-corrected chi connectivity index (χ1v) is 7.34. The third kappa shape index (κ3) is 3.49. The number of anilines is 1. The summed E-state index contributed by atoms with van der Waals surface area (Å²) in [4.78, 5) is 12.0. The molecule has 2 aromatic rings. The van der Waals surface area contributed by atoms with E-state index >= 15 is 0 Å². The molecule has 0 atom stereocenters. The Morgan fingerprint density at radius 3 is 2.90 bits per heavy atom. The number of para-hydroxylation sites is 1. The Kier molecular flexibility index (Phi) is 4.01. The highest BCUT2D eigenvalue weighted by Crippen LogP contribution is 2.27. The number of hydrogen-bond acceptors (Lipinski definition) is 3.